The lowest BCUT2D eigenvalue weighted by molar-refractivity contribution is 0.174. The van der Waals surface area contributed by atoms with E-state index in [1.807, 2.05) is 24.3 Å². The lowest BCUT2D eigenvalue weighted by Crippen LogP contribution is -2.16. The lowest BCUT2D eigenvalue weighted by Gasteiger charge is -2.24. The van der Waals surface area contributed by atoms with E-state index in [-0.39, 0.29) is 6.04 Å². The summed E-state index contributed by atoms with van der Waals surface area (Å²) in [6, 6.07) is 16.8. The fourth-order valence-electron chi connectivity index (χ4n) is 2.46. The van der Waals surface area contributed by atoms with E-state index in [1.54, 1.807) is 0 Å². The van der Waals surface area contributed by atoms with Crippen molar-refractivity contribution in [2.75, 3.05) is 12.1 Å². The summed E-state index contributed by atoms with van der Waals surface area (Å²) in [7, 11) is 0. The van der Waals surface area contributed by atoms with E-state index in [4.69, 9.17) is 9.47 Å². The minimum absolute atomic E-state index is 0.275. The Morgan fingerprint density at radius 2 is 1.70 bits per heavy atom. The first kappa shape index (κ1) is 12.9. The highest BCUT2D eigenvalue weighted by Gasteiger charge is 2.18. The molecule has 104 valence electrons. The average molecular weight is 269 g/mol. The van der Waals surface area contributed by atoms with Gasteiger partial charge in [0, 0.05) is 11.8 Å². The molecular formula is C17H19NO2. The SMILES string of the molecule is CC(C)C(Nc1ccc2c(c1)OCO2)c1ccccc1. The van der Waals surface area contributed by atoms with Gasteiger partial charge in [0.2, 0.25) is 6.79 Å². The topological polar surface area (TPSA) is 30.5 Å². The zero-order valence-electron chi connectivity index (χ0n) is 11.8. The van der Waals surface area contributed by atoms with E-state index >= 15 is 0 Å². The summed E-state index contributed by atoms with van der Waals surface area (Å²) in [6.07, 6.45) is 0. The van der Waals surface area contributed by atoms with E-state index in [0.717, 1.165) is 17.2 Å². The number of fused-ring (bicyclic) bond motifs is 1. The highest BCUT2D eigenvalue weighted by molar-refractivity contribution is 5.56. The van der Waals surface area contributed by atoms with Crippen molar-refractivity contribution >= 4 is 5.69 Å². The van der Waals surface area contributed by atoms with Crippen molar-refractivity contribution in [1.82, 2.24) is 0 Å². The Hall–Kier alpha value is -2.16. The van der Waals surface area contributed by atoms with Gasteiger partial charge in [0.15, 0.2) is 11.5 Å². The summed E-state index contributed by atoms with van der Waals surface area (Å²) in [6.45, 7) is 4.75. The van der Waals surface area contributed by atoms with Crippen molar-refractivity contribution in [2.24, 2.45) is 5.92 Å². The Bertz CT molecular complexity index is 581. The van der Waals surface area contributed by atoms with Crippen LogP contribution in [-0.4, -0.2) is 6.79 Å². The molecule has 0 spiro atoms. The van der Waals surface area contributed by atoms with E-state index in [1.165, 1.54) is 5.56 Å². The van der Waals surface area contributed by atoms with Crippen LogP contribution in [0.2, 0.25) is 0 Å². The molecule has 0 radical (unpaired) electrons. The maximum absolute atomic E-state index is 5.42. The molecule has 0 saturated carbocycles. The minimum atomic E-state index is 0.275. The normalized spacial score (nSPS) is 14.3. The van der Waals surface area contributed by atoms with Crippen LogP contribution in [0.25, 0.3) is 0 Å². The fraction of sp³-hybridized carbons (Fsp3) is 0.294. The molecule has 0 amide bonds. The predicted octanol–water partition coefficient (Wildman–Crippen LogP) is 4.22. The molecule has 3 heteroatoms. The van der Waals surface area contributed by atoms with Crippen LogP contribution in [0.5, 0.6) is 11.5 Å². The quantitative estimate of drug-likeness (QED) is 0.901. The lowest BCUT2D eigenvalue weighted by atomic mass is 9.96. The second kappa shape index (κ2) is 5.45. The first-order valence-electron chi connectivity index (χ1n) is 6.95. The largest absolute Gasteiger partial charge is 0.454 e. The van der Waals surface area contributed by atoms with E-state index in [2.05, 4.69) is 43.4 Å². The Morgan fingerprint density at radius 3 is 2.45 bits per heavy atom. The number of anilines is 1. The third kappa shape index (κ3) is 2.57. The van der Waals surface area contributed by atoms with Crippen LogP contribution in [0, 0.1) is 5.92 Å². The minimum Gasteiger partial charge on any atom is -0.454 e. The smallest absolute Gasteiger partial charge is 0.231 e. The highest BCUT2D eigenvalue weighted by atomic mass is 16.7. The second-order valence-electron chi connectivity index (χ2n) is 5.34. The number of hydrogen-bond donors (Lipinski definition) is 1. The Labute approximate surface area is 119 Å². The van der Waals surface area contributed by atoms with Gasteiger partial charge in [0.25, 0.3) is 0 Å². The van der Waals surface area contributed by atoms with Crippen molar-refractivity contribution in [1.29, 1.82) is 0 Å². The molecule has 1 aliphatic heterocycles. The molecule has 3 nitrogen and oxygen atoms in total. The first-order chi connectivity index (χ1) is 9.74. The van der Waals surface area contributed by atoms with Gasteiger partial charge in [-0.1, -0.05) is 44.2 Å². The van der Waals surface area contributed by atoms with Crippen LogP contribution in [0.1, 0.15) is 25.5 Å². The highest BCUT2D eigenvalue weighted by Crippen LogP contribution is 2.36. The molecule has 0 aromatic heterocycles. The van der Waals surface area contributed by atoms with Gasteiger partial charge >= 0.3 is 0 Å². The standard InChI is InChI=1S/C17H19NO2/c1-12(2)17(13-6-4-3-5-7-13)18-14-8-9-15-16(10-14)20-11-19-15/h3-10,12,17-18H,11H2,1-2H3. The van der Waals surface area contributed by atoms with Gasteiger partial charge in [-0.15, -0.1) is 0 Å². The maximum atomic E-state index is 5.42. The monoisotopic (exact) mass is 269 g/mol. The van der Waals surface area contributed by atoms with Crippen molar-refractivity contribution in [3.05, 3.63) is 54.1 Å². The summed E-state index contributed by atoms with van der Waals surface area (Å²) >= 11 is 0. The van der Waals surface area contributed by atoms with Crippen LogP contribution in [0.4, 0.5) is 5.69 Å². The Morgan fingerprint density at radius 1 is 0.950 bits per heavy atom. The van der Waals surface area contributed by atoms with Crippen LogP contribution < -0.4 is 14.8 Å². The van der Waals surface area contributed by atoms with Crippen molar-refractivity contribution < 1.29 is 9.47 Å². The van der Waals surface area contributed by atoms with Gasteiger partial charge in [-0.2, -0.15) is 0 Å². The summed E-state index contributed by atoms with van der Waals surface area (Å²) in [5.41, 5.74) is 2.34. The molecule has 0 fully saturated rings. The first-order valence-corrected chi connectivity index (χ1v) is 6.95. The molecule has 0 bridgehead atoms. The van der Waals surface area contributed by atoms with Crippen LogP contribution in [0.15, 0.2) is 48.5 Å². The van der Waals surface area contributed by atoms with E-state index < -0.39 is 0 Å². The maximum Gasteiger partial charge on any atom is 0.231 e. The average Bonchev–Trinajstić information content (AvgIpc) is 2.93. The molecule has 1 atom stereocenters. The molecule has 3 rings (SSSR count). The molecule has 2 aromatic rings. The fourth-order valence-corrected chi connectivity index (χ4v) is 2.46. The Balaban J connectivity index is 1.84. The third-order valence-corrected chi connectivity index (χ3v) is 3.52. The number of benzene rings is 2. The predicted molar refractivity (Wildman–Crippen MR) is 80.2 cm³/mol. The van der Waals surface area contributed by atoms with Gasteiger partial charge < -0.3 is 14.8 Å². The summed E-state index contributed by atoms with van der Waals surface area (Å²) in [4.78, 5) is 0. The number of ether oxygens (including phenoxy) is 2. The van der Waals surface area contributed by atoms with Gasteiger partial charge in [0.05, 0.1) is 6.04 Å². The molecule has 1 N–H and O–H groups in total. The van der Waals surface area contributed by atoms with Crippen LogP contribution in [0.3, 0.4) is 0 Å². The molecule has 0 saturated heterocycles. The van der Waals surface area contributed by atoms with Crippen LogP contribution >= 0.6 is 0 Å². The molecular weight excluding hydrogens is 250 g/mol. The van der Waals surface area contributed by atoms with Gasteiger partial charge in [-0.25, -0.2) is 0 Å². The number of nitrogens with one attached hydrogen (secondary N) is 1. The summed E-state index contributed by atoms with van der Waals surface area (Å²) < 4.78 is 10.8. The zero-order valence-corrected chi connectivity index (χ0v) is 11.8. The van der Waals surface area contributed by atoms with Crippen molar-refractivity contribution in [2.45, 2.75) is 19.9 Å². The van der Waals surface area contributed by atoms with E-state index in [9.17, 15) is 0 Å². The molecule has 1 aliphatic rings. The molecule has 1 unspecified atom stereocenters. The van der Waals surface area contributed by atoms with Gasteiger partial charge in [0.1, 0.15) is 0 Å². The molecule has 1 heterocycles. The van der Waals surface area contributed by atoms with Gasteiger partial charge in [-0.3, -0.25) is 0 Å². The van der Waals surface area contributed by atoms with Crippen LogP contribution in [-0.2, 0) is 0 Å². The molecule has 0 aliphatic carbocycles. The van der Waals surface area contributed by atoms with Gasteiger partial charge in [-0.05, 0) is 23.6 Å². The zero-order chi connectivity index (χ0) is 13.9. The third-order valence-electron chi connectivity index (χ3n) is 3.52. The van der Waals surface area contributed by atoms with Crippen molar-refractivity contribution in [3.8, 4) is 11.5 Å². The Kier molecular flexibility index (Phi) is 3.50. The van der Waals surface area contributed by atoms with E-state index in [0.29, 0.717) is 12.7 Å². The molecule has 2 aromatic carbocycles. The summed E-state index contributed by atoms with van der Waals surface area (Å²) in [5, 5.41) is 3.59. The number of hydrogen-bond acceptors (Lipinski definition) is 3. The number of rotatable bonds is 4. The summed E-state index contributed by atoms with van der Waals surface area (Å²) in [5.74, 6) is 2.12. The second-order valence-corrected chi connectivity index (χ2v) is 5.34. The van der Waals surface area contributed by atoms with Crippen molar-refractivity contribution in [3.63, 3.8) is 0 Å². The molecule has 20 heavy (non-hydrogen) atoms.